The van der Waals surface area contributed by atoms with Crippen molar-refractivity contribution in [2.75, 3.05) is 18.5 Å². The van der Waals surface area contributed by atoms with E-state index in [1.165, 1.54) is 11.3 Å². The van der Waals surface area contributed by atoms with Gasteiger partial charge in [0.25, 0.3) is 0 Å². The molecule has 0 fully saturated rings. The third kappa shape index (κ3) is 3.68. The molecule has 1 aliphatic rings. The van der Waals surface area contributed by atoms with Crippen molar-refractivity contribution in [1.29, 1.82) is 0 Å². The second-order valence-electron chi connectivity index (χ2n) is 5.75. The number of amides is 2. The number of hydrogen-bond acceptors (Lipinski definition) is 5. The van der Waals surface area contributed by atoms with Crippen LogP contribution >= 0.6 is 22.9 Å². The van der Waals surface area contributed by atoms with Crippen molar-refractivity contribution in [2.24, 2.45) is 0 Å². The van der Waals surface area contributed by atoms with E-state index in [-0.39, 0.29) is 6.03 Å². The third-order valence-corrected chi connectivity index (χ3v) is 5.06. The molecule has 6 nitrogen and oxygen atoms in total. The van der Waals surface area contributed by atoms with Crippen LogP contribution < -0.4 is 20.1 Å². The second kappa shape index (κ2) is 7.39. The van der Waals surface area contributed by atoms with Crippen LogP contribution in [0.1, 0.15) is 12.0 Å². The van der Waals surface area contributed by atoms with E-state index in [0.29, 0.717) is 41.4 Å². The van der Waals surface area contributed by atoms with Gasteiger partial charge in [-0.1, -0.05) is 35.1 Å². The fourth-order valence-electron chi connectivity index (χ4n) is 2.64. The summed E-state index contributed by atoms with van der Waals surface area (Å²) in [5.74, 6) is 1.17. The van der Waals surface area contributed by atoms with Gasteiger partial charge >= 0.3 is 6.03 Å². The molecule has 0 bridgehead atoms. The molecule has 0 spiro atoms. The van der Waals surface area contributed by atoms with Gasteiger partial charge in [0.1, 0.15) is 0 Å². The van der Waals surface area contributed by atoms with Crippen molar-refractivity contribution in [3.63, 3.8) is 0 Å². The van der Waals surface area contributed by atoms with E-state index in [4.69, 9.17) is 21.1 Å². The molecular weight excluding hydrogens is 374 g/mol. The zero-order valence-corrected chi connectivity index (χ0v) is 15.3. The van der Waals surface area contributed by atoms with Crippen molar-refractivity contribution in [1.82, 2.24) is 10.3 Å². The number of carbonyl (C=O) groups excluding carboxylic acids is 1. The number of halogens is 1. The van der Waals surface area contributed by atoms with E-state index in [0.717, 1.165) is 22.2 Å². The molecule has 3 aromatic rings. The summed E-state index contributed by atoms with van der Waals surface area (Å²) in [6.45, 7) is 1.47. The van der Waals surface area contributed by atoms with Crippen LogP contribution in [-0.4, -0.2) is 24.2 Å². The van der Waals surface area contributed by atoms with Crippen molar-refractivity contribution < 1.29 is 14.3 Å². The number of nitrogens with zero attached hydrogens (tertiary/aromatic N) is 1. The lowest BCUT2D eigenvalue weighted by molar-refractivity contribution is 0.251. The molecule has 4 rings (SSSR count). The van der Waals surface area contributed by atoms with Gasteiger partial charge in [-0.15, -0.1) is 0 Å². The average molecular weight is 390 g/mol. The number of thiazole rings is 1. The van der Waals surface area contributed by atoms with E-state index < -0.39 is 0 Å². The third-order valence-electron chi connectivity index (χ3n) is 3.83. The van der Waals surface area contributed by atoms with Gasteiger partial charge in [0.15, 0.2) is 16.6 Å². The first-order valence-corrected chi connectivity index (χ1v) is 9.37. The minimum Gasteiger partial charge on any atom is -0.489 e. The van der Waals surface area contributed by atoms with Crippen LogP contribution in [0.3, 0.4) is 0 Å². The van der Waals surface area contributed by atoms with Gasteiger partial charge in [-0.25, -0.2) is 9.78 Å². The van der Waals surface area contributed by atoms with Crippen molar-refractivity contribution in [3.05, 3.63) is 47.0 Å². The van der Waals surface area contributed by atoms with E-state index in [2.05, 4.69) is 15.6 Å². The predicted molar refractivity (Wildman–Crippen MR) is 103 cm³/mol. The number of nitrogens with one attached hydrogen (secondary N) is 2. The molecule has 134 valence electrons. The van der Waals surface area contributed by atoms with Gasteiger partial charge in [-0.2, -0.15) is 0 Å². The molecule has 1 aromatic heterocycles. The fourth-order valence-corrected chi connectivity index (χ4v) is 3.78. The maximum absolute atomic E-state index is 12.1. The summed E-state index contributed by atoms with van der Waals surface area (Å²) < 4.78 is 12.3. The predicted octanol–water partition coefficient (Wildman–Crippen LogP) is 4.43. The number of anilines is 1. The summed E-state index contributed by atoms with van der Waals surface area (Å²) in [5.41, 5.74) is 1.70. The Bertz CT molecular complexity index is 927. The van der Waals surface area contributed by atoms with Gasteiger partial charge in [0.05, 0.1) is 28.5 Å². The van der Waals surface area contributed by atoms with Crippen molar-refractivity contribution in [3.8, 4) is 11.5 Å². The van der Waals surface area contributed by atoms with Gasteiger partial charge in [-0.05, 0) is 29.8 Å². The number of carbonyl (C=O) groups is 1. The molecule has 2 N–H and O–H groups in total. The second-order valence-corrected chi connectivity index (χ2v) is 7.19. The average Bonchev–Trinajstić information content (AvgIpc) is 2.87. The Hall–Kier alpha value is -2.51. The van der Waals surface area contributed by atoms with E-state index in [9.17, 15) is 4.79 Å². The quantitative estimate of drug-likeness (QED) is 0.694. The minimum absolute atomic E-state index is 0.313. The molecule has 0 atom stereocenters. The largest absolute Gasteiger partial charge is 0.489 e. The smallest absolute Gasteiger partial charge is 0.321 e. The molecule has 0 aliphatic carbocycles. The number of para-hydroxylation sites is 1. The maximum atomic E-state index is 12.1. The lowest BCUT2D eigenvalue weighted by Crippen LogP contribution is -2.28. The highest BCUT2D eigenvalue weighted by molar-refractivity contribution is 7.22. The summed E-state index contributed by atoms with van der Waals surface area (Å²) in [5, 5.41) is 6.60. The number of benzene rings is 2. The topological polar surface area (TPSA) is 72.5 Å². The zero-order valence-electron chi connectivity index (χ0n) is 13.8. The summed E-state index contributed by atoms with van der Waals surface area (Å²) in [7, 11) is 0. The Kier molecular flexibility index (Phi) is 4.81. The molecule has 26 heavy (non-hydrogen) atoms. The zero-order chi connectivity index (χ0) is 17.9. The maximum Gasteiger partial charge on any atom is 0.321 e. The summed E-state index contributed by atoms with van der Waals surface area (Å²) in [6.07, 6.45) is 0.809. The number of hydrogen-bond donors (Lipinski definition) is 2. The van der Waals surface area contributed by atoms with Gasteiger partial charge in [-0.3, -0.25) is 5.32 Å². The standard InChI is InChI=1S/C18H16ClN3O3S/c19-12-8-11(9-14-16(12)25-7-3-6-24-14)10-20-17(23)22-18-21-13-4-1-2-5-15(13)26-18/h1-2,4-5,8-9H,3,6-7,10H2,(H2,20,21,22,23). The van der Waals surface area contributed by atoms with Crippen LogP contribution in [0.5, 0.6) is 11.5 Å². The normalized spacial score (nSPS) is 13.3. The number of urea groups is 1. The monoisotopic (exact) mass is 389 g/mol. The number of fused-ring (bicyclic) bond motifs is 2. The lowest BCUT2D eigenvalue weighted by Gasteiger charge is -2.12. The molecule has 1 aliphatic heterocycles. The van der Waals surface area contributed by atoms with Gasteiger partial charge in [0.2, 0.25) is 0 Å². The van der Waals surface area contributed by atoms with Crippen LogP contribution in [0.25, 0.3) is 10.2 Å². The Morgan fingerprint density at radius 1 is 1.23 bits per heavy atom. The highest BCUT2D eigenvalue weighted by atomic mass is 35.5. The highest BCUT2D eigenvalue weighted by Gasteiger charge is 2.16. The van der Waals surface area contributed by atoms with Gasteiger partial charge in [0, 0.05) is 13.0 Å². The Labute approximate surface area is 159 Å². The van der Waals surface area contributed by atoms with Crippen LogP contribution in [0.15, 0.2) is 36.4 Å². The van der Waals surface area contributed by atoms with Crippen molar-refractivity contribution in [2.45, 2.75) is 13.0 Å². The first kappa shape index (κ1) is 16.9. The first-order chi connectivity index (χ1) is 12.7. The fraction of sp³-hybridized carbons (Fsp3) is 0.222. The number of ether oxygens (including phenoxy) is 2. The van der Waals surface area contributed by atoms with E-state index in [1.807, 2.05) is 30.3 Å². The molecule has 2 heterocycles. The number of rotatable bonds is 3. The molecule has 0 saturated heterocycles. The Balaban J connectivity index is 1.41. The van der Waals surface area contributed by atoms with Crippen LogP contribution in [0.4, 0.5) is 9.93 Å². The van der Waals surface area contributed by atoms with Crippen LogP contribution in [0.2, 0.25) is 5.02 Å². The lowest BCUT2D eigenvalue weighted by atomic mass is 10.2. The summed E-state index contributed by atoms with van der Waals surface area (Å²) in [4.78, 5) is 16.5. The summed E-state index contributed by atoms with van der Waals surface area (Å²) in [6, 6.07) is 11.0. The van der Waals surface area contributed by atoms with Crippen LogP contribution in [-0.2, 0) is 6.54 Å². The summed E-state index contributed by atoms with van der Waals surface area (Å²) >= 11 is 7.70. The van der Waals surface area contributed by atoms with Crippen molar-refractivity contribution >= 4 is 44.3 Å². The first-order valence-electron chi connectivity index (χ1n) is 8.17. The van der Waals surface area contributed by atoms with Crippen LogP contribution in [0, 0.1) is 0 Å². The minimum atomic E-state index is -0.327. The molecule has 8 heteroatoms. The Morgan fingerprint density at radius 3 is 2.96 bits per heavy atom. The molecule has 0 radical (unpaired) electrons. The molecular formula is C18H16ClN3O3S. The highest BCUT2D eigenvalue weighted by Crippen LogP contribution is 2.38. The molecule has 0 unspecified atom stereocenters. The molecule has 2 amide bonds. The SMILES string of the molecule is O=C(NCc1cc(Cl)c2c(c1)OCCCO2)Nc1nc2ccccc2s1. The number of aromatic nitrogens is 1. The molecule has 0 saturated carbocycles. The van der Waals surface area contributed by atoms with E-state index >= 15 is 0 Å². The van der Waals surface area contributed by atoms with E-state index in [1.54, 1.807) is 6.07 Å². The Morgan fingerprint density at radius 2 is 2.08 bits per heavy atom. The van der Waals surface area contributed by atoms with Gasteiger partial charge < -0.3 is 14.8 Å². The molecule has 2 aromatic carbocycles.